The van der Waals surface area contributed by atoms with Gasteiger partial charge >= 0.3 is 6.18 Å². The number of nitro benzene ring substituents is 1. The largest absolute Gasteiger partial charge is 0.441 e. The Morgan fingerprint density at radius 2 is 2.11 bits per heavy atom. The van der Waals surface area contributed by atoms with E-state index in [0.29, 0.717) is 5.56 Å². The van der Waals surface area contributed by atoms with E-state index in [4.69, 9.17) is 0 Å². The van der Waals surface area contributed by atoms with Crippen molar-refractivity contribution < 1.29 is 18.1 Å². The van der Waals surface area contributed by atoms with Crippen LogP contribution in [0.1, 0.15) is 5.56 Å². The van der Waals surface area contributed by atoms with Crippen molar-refractivity contribution in [3.05, 3.63) is 33.9 Å². The Morgan fingerprint density at radius 3 is 2.61 bits per heavy atom. The number of benzene rings is 1. The van der Waals surface area contributed by atoms with Crippen molar-refractivity contribution in [2.24, 2.45) is 5.10 Å². The predicted molar refractivity (Wildman–Crippen MR) is 63.9 cm³/mol. The van der Waals surface area contributed by atoms with Gasteiger partial charge in [-0.05, 0) is 34.5 Å². The van der Waals surface area contributed by atoms with Crippen LogP contribution in [0.3, 0.4) is 0 Å². The zero-order valence-electron chi connectivity index (χ0n) is 8.95. The van der Waals surface area contributed by atoms with Crippen LogP contribution in [0.15, 0.2) is 23.3 Å². The number of alkyl halides is 3. The lowest BCUT2D eigenvalue weighted by atomic mass is 10.2. The van der Waals surface area contributed by atoms with Crippen molar-refractivity contribution in [1.82, 2.24) is 0 Å². The van der Waals surface area contributed by atoms with E-state index in [1.807, 2.05) is 5.43 Å². The molecule has 0 fully saturated rings. The van der Waals surface area contributed by atoms with E-state index < -0.39 is 15.7 Å². The number of hydrazone groups is 1. The average molecular weight is 326 g/mol. The molecule has 0 bridgehead atoms. The fourth-order valence-corrected chi connectivity index (χ4v) is 1.16. The SMILES string of the molecule is Cc1ccc([N+](=O)[O-])c(N/N=C(\Br)C(F)(F)F)c1. The smallest absolute Gasteiger partial charge is 0.271 e. The first-order valence-corrected chi connectivity index (χ1v) is 5.32. The molecule has 0 atom stereocenters. The molecule has 0 saturated carbocycles. The maximum Gasteiger partial charge on any atom is 0.441 e. The molecule has 0 aliphatic carbocycles. The molecular formula is C9H7BrF3N3O2. The zero-order valence-corrected chi connectivity index (χ0v) is 10.5. The highest BCUT2D eigenvalue weighted by Gasteiger charge is 2.34. The van der Waals surface area contributed by atoms with E-state index >= 15 is 0 Å². The topological polar surface area (TPSA) is 67.5 Å². The minimum absolute atomic E-state index is 0.110. The third-order valence-corrected chi connectivity index (χ3v) is 2.48. The van der Waals surface area contributed by atoms with E-state index in [0.717, 1.165) is 0 Å². The van der Waals surface area contributed by atoms with Crippen LogP contribution in [-0.4, -0.2) is 15.7 Å². The van der Waals surface area contributed by atoms with Gasteiger partial charge in [-0.1, -0.05) is 6.07 Å². The van der Waals surface area contributed by atoms with Crippen LogP contribution in [0.5, 0.6) is 0 Å². The van der Waals surface area contributed by atoms with Crippen LogP contribution in [-0.2, 0) is 0 Å². The second kappa shape index (κ2) is 5.34. The van der Waals surface area contributed by atoms with Gasteiger partial charge < -0.3 is 0 Å². The van der Waals surface area contributed by atoms with Crippen LogP contribution in [0.2, 0.25) is 0 Å². The van der Waals surface area contributed by atoms with E-state index in [1.165, 1.54) is 18.2 Å². The fourth-order valence-electron chi connectivity index (χ4n) is 1.07. The first-order valence-electron chi connectivity index (χ1n) is 4.53. The summed E-state index contributed by atoms with van der Waals surface area (Å²) in [6.07, 6.45) is -4.65. The molecule has 0 aliphatic rings. The first kappa shape index (κ1) is 14.4. The molecule has 1 rings (SSSR count). The van der Waals surface area contributed by atoms with Gasteiger partial charge in [-0.25, -0.2) is 0 Å². The van der Waals surface area contributed by atoms with Gasteiger partial charge in [0, 0.05) is 6.07 Å². The second-order valence-corrected chi connectivity index (χ2v) is 4.04. The molecule has 1 aromatic rings. The highest BCUT2D eigenvalue weighted by molar-refractivity contribution is 9.18. The monoisotopic (exact) mass is 325 g/mol. The molecule has 0 aromatic heterocycles. The Morgan fingerprint density at radius 1 is 1.50 bits per heavy atom. The molecule has 0 saturated heterocycles. The summed E-state index contributed by atoms with van der Waals surface area (Å²) in [6.45, 7) is 1.65. The summed E-state index contributed by atoms with van der Waals surface area (Å²) in [4.78, 5) is 9.95. The summed E-state index contributed by atoms with van der Waals surface area (Å²) < 4.78 is 35.1. The number of hydrogen-bond donors (Lipinski definition) is 1. The molecule has 0 spiro atoms. The van der Waals surface area contributed by atoms with Gasteiger partial charge in [-0.3, -0.25) is 15.5 Å². The van der Waals surface area contributed by atoms with Crippen molar-refractivity contribution in [3.63, 3.8) is 0 Å². The van der Waals surface area contributed by atoms with Crippen LogP contribution >= 0.6 is 15.9 Å². The Kier molecular flexibility index (Phi) is 4.28. The number of anilines is 1. The molecule has 1 N–H and O–H groups in total. The quantitative estimate of drug-likeness (QED) is 0.524. The molecule has 0 radical (unpaired) electrons. The number of nitrogens with one attached hydrogen (secondary N) is 1. The number of aryl methyl sites for hydroxylation is 1. The maximum atomic E-state index is 12.1. The lowest BCUT2D eigenvalue weighted by Gasteiger charge is -2.06. The molecule has 9 heteroatoms. The van der Waals surface area contributed by atoms with E-state index in [-0.39, 0.29) is 11.4 Å². The molecule has 1 aromatic carbocycles. The van der Waals surface area contributed by atoms with E-state index in [9.17, 15) is 23.3 Å². The Bertz CT molecular complexity index is 502. The third kappa shape index (κ3) is 3.69. The molecule has 0 amide bonds. The minimum Gasteiger partial charge on any atom is -0.271 e. The van der Waals surface area contributed by atoms with Crippen LogP contribution < -0.4 is 5.43 Å². The van der Waals surface area contributed by atoms with Gasteiger partial charge in [-0.2, -0.15) is 18.3 Å². The summed E-state index contributed by atoms with van der Waals surface area (Å²) >= 11 is 2.23. The standard InChI is InChI=1S/C9H7BrF3N3O2/c1-5-2-3-7(16(17)18)6(4-5)14-15-8(10)9(11,12)13/h2-4,14H,1H3/b15-8-. The van der Waals surface area contributed by atoms with Crippen LogP contribution in [0.25, 0.3) is 0 Å². The average Bonchev–Trinajstić information content (AvgIpc) is 2.24. The summed E-state index contributed by atoms with van der Waals surface area (Å²) in [5.41, 5.74) is 2.21. The summed E-state index contributed by atoms with van der Waals surface area (Å²) in [6, 6.07) is 4.00. The molecule has 0 unspecified atom stereocenters. The second-order valence-electron chi connectivity index (χ2n) is 3.29. The van der Waals surface area contributed by atoms with Crippen LogP contribution in [0, 0.1) is 17.0 Å². The molecule has 5 nitrogen and oxygen atoms in total. The van der Waals surface area contributed by atoms with Crippen molar-refractivity contribution in [2.45, 2.75) is 13.1 Å². The lowest BCUT2D eigenvalue weighted by Crippen LogP contribution is -2.18. The number of nitrogens with zero attached hydrogens (tertiary/aromatic N) is 2. The number of rotatable bonds is 3. The van der Waals surface area contributed by atoms with Crippen molar-refractivity contribution in [1.29, 1.82) is 0 Å². The third-order valence-electron chi connectivity index (χ3n) is 1.86. The molecule has 0 heterocycles. The van der Waals surface area contributed by atoms with Gasteiger partial charge in [0.25, 0.3) is 5.69 Å². The summed E-state index contributed by atoms with van der Waals surface area (Å²) in [7, 11) is 0. The summed E-state index contributed by atoms with van der Waals surface area (Å²) in [5.74, 6) is 0. The summed E-state index contributed by atoms with van der Waals surface area (Å²) in [5, 5.41) is 13.7. The highest BCUT2D eigenvalue weighted by Crippen LogP contribution is 2.26. The van der Waals surface area contributed by atoms with Gasteiger partial charge in [0.2, 0.25) is 4.62 Å². The fraction of sp³-hybridized carbons (Fsp3) is 0.222. The number of nitro groups is 1. The highest BCUT2D eigenvalue weighted by atomic mass is 79.9. The Labute approximate surface area is 108 Å². The van der Waals surface area contributed by atoms with Crippen molar-refractivity contribution >= 4 is 31.9 Å². The molecule has 0 aliphatic heterocycles. The Balaban J connectivity index is 3.04. The number of halogens is 4. The van der Waals surface area contributed by atoms with E-state index in [2.05, 4.69) is 21.0 Å². The molecular weight excluding hydrogens is 319 g/mol. The Hall–Kier alpha value is -1.64. The van der Waals surface area contributed by atoms with Crippen LogP contribution in [0.4, 0.5) is 24.5 Å². The van der Waals surface area contributed by atoms with Crippen molar-refractivity contribution in [3.8, 4) is 0 Å². The van der Waals surface area contributed by atoms with Gasteiger partial charge in [-0.15, -0.1) is 0 Å². The number of hydrogen-bond acceptors (Lipinski definition) is 4. The minimum atomic E-state index is -4.65. The zero-order chi connectivity index (χ0) is 13.9. The van der Waals surface area contributed by atoms with Crippen molar-refractivity contribution in [2.75, 3.05) is 5.43 Å². The normalized spacial score (nSPS) is 12.4. The van der Waals surface area contributed by atoms with Gasteiger partial charge in [0.05, 0.1) is 4.92 Å². The molecule has 98 valence electrons. The molecule has 18 heavy (non-hydrogen) atoms. The van der Waals surface area contributed by atoms with E-state index in [1.54, 1.807) is 6.92 Å². The first-order chi connectivity index (χ1) is 8.21. The van der Waals surface area contributed by atoms with Gasteiger partial charge in [0.1, 0.15) is 5.69 Å². The van der Waals surface area contributed by atoms with Gasteiger partial charge in [0.15, 0.2) is 0 Å². The lowest BCUT2D eigenvalue weighted by molar-refractivity contribution is -0.384. The maximum absolute atomic E-state index is 12.1. The predicted octanol–water partition coefficient (Wildman–Crippen LogP) is 3.59.